The number of rotatable bonds is 5. The molecule has 3 aromatic rings. The van der Waals surface area contributed by atoms with Gasteiger partial charge in [0.1, 0.15) is 17.5 Å². The smallest absolute Gasteiger partial charge is 0.221 e. The van der Waals surface area contributed by atoms with Crippen LogP contribution in [0.25, 0.3) is 11.8 Å². The van der Waals surface area contributed by atoms with Crippen molar-refractivity contribution in [2.75, 3.05) is 5.32 Å². The Kier molecular flexibility index (Phi) is 5.93. The molecule has 30 heavy (non-hydrogen) atoms. The molecule has 0 aliphatic carbocycles. The third-order valence-corrected chi connectivity index (χ3v) is 4.68. The summed E-state index contributed by atoms with van der Waals surface area (Å²) in [5, 5.41) is 12.2. The Balaban J connectivity index is 1.96. The molecule has 0 spiro atoms. The molecule has 0 saturated heterocycles. The number of hydrogen-bond acceptors (Lipinski definition) is 3. The van der Waals surface area contributed by atoms with Gasteiger partial charge in [0, 0.05) is 29.6 Å². The van der Waals surface area contributed by atoms with Crippen LogP contribution in [0.5, 0.6) is 0 Å². The van der Waals surface area contributed by atoms with Crippen molar-refractivity contribution in [3.05, 3.63) is 88.5 Å². The third-order valence-electron chi connectivity index (χ3n) is 4.68. The Labute approximate surface area is 174 Å². The van der Waals surface area contributed by atoms with E-state index < -0.39 is 11.6 Å². The number of benzene rings is 2. The van der Waals surface area contributed by atoms with Crippen molar-refractivity contribution in [3.63, 3.8) is 0 Å². The predicted octanol–water partition coefficient (Wildman–Crippen LogP) is 4.98. The second-order valence-corrected chi connectivity index (χ2v) is 6.87. The monoisotopic (exact) mass is 401 g/mol. The summed E-state index contributed by atoms with van der Waals surface area (Å²) >= 11 is 0. The van der Waals surface area contributed by atoms with Gasteiger partial charge in [-0.25, -0.2) is 4.39 Å². The normalized spacial score (nSPS) is 11.1. The predicted molar refractivity (Wildman–Crippen MR) is 114 cm³/mol. The number of carbonyl (C=O) groups is 2. The lowest BCUT2D eigenvalue weighted by molar-refractivity contribution is -0.114. The fourth-order valence-corrected chi connectivity index (χ4v) is 3.32. The molecule has 6 heteroatoms. The van der Waals surface area contributed by atoms with Gasteiger partial charge in [-0.2, -0.15) is 5.26 Å². The number of aryl methyl sites for hydroxylation is 1. The quantitative estimate of drug-likeness (QED) is 0.372. The summed E-state index contributed by atoms with van der Waals surface area (Å²) in [4.78, 5) is 24.2. The number of anilines is 1. The molecule has 0 unspecified atom stereocenters. The molecule has 0 saturated carbocycles. The van der Waals surface area contributed by atoms with Gasteiger partial charge >= 0.3 is 0 Å². The maximum absolute atomic E-state index is 14.3. The zero-order chi connectivity index (χ0) is 21.8. The molecule has 0 aliphatic heterocycles. The molecule has 3 rings (SSSR count). The molecule has 1 aromatic heterocycles. The van der Waals surface area contributed by atoms with E-state index in [2.05, 4.69) is 5.32 Å². The number of nitrogens with zero attached hydrogens (tertiary/aromatic N) is 2. The van der Waals surface area contributed by atoms with Crippen LogP contribution < -0.4 is 5.32 Å². The minimum absolute atomic E-state index is 0.0314. The molecule has 0 atom stereocenters. The maximum atomic E-state index is 14.3. The van der Waals surface area contributed by atoms with E-state index in [4.69, 9.17) is 0 Å². The minimum Gasteiger partial charge on any atom is -0.326 e. The Morgan fingerprint density at radius 1 is 1.10 bits per heavy atom. The summed E-state index contributed by atoms with van der Waals surface area (Å²) in [6.45, 7) is 4.93. The van der Waals surface area contributed by atoms with Gasteiger partial charge in [0.15, 0.2) is 0 Å². The average Bonchev–Trinajstić information content (AvgIpc) is 3.01. The highest BCUT2D eigenvalue weighted by Gasteiger charge is 2.21. The van der Waals surface area contributed by atoms with Crippen LogP contribution in [0, 0.1) is 31.0 Å². The van der Waals surface area contributed by atoms with Crippen molar-refractivity contribution in [2.24, 2.45) is 0 Å². The summed E-state index contributed by atoms with van der Waals surface area (Å²) in [5.74, 6) is -1.01. The molecule has 1 N–H and O–H groups in total. The fraction of sp³-hybridized carbons (Fsp3) is 0.125. The number of Topliss-reactive ketones (excluding diaryl/α,β-unsaturated/α-hetero) is 1. The Hall–Kier alpha value is -3.98. The van der Waals surface area contributed by atoms with Crippen molar-refractivity contribution in [1.82, 2.24) is 4.57 Å². The molecule has 150 valence electrons. The summed E-state index contributed by atoms with van der Waals surface area (Å²) in [6.07, 6.45) is 1.50. The third kappa shape index (κ3) is 4.20. The number of allylic oxidation sites excluding steroid dienone is 1. The lowest BCUT2D eigenvalue weighted by atomic mass is 10.0. The second-order valence-electron chi connectivity index (χ2n) is 6.87. The van der Waals surface area contributed by atoms with Crippen molar-refractivity contribution < 1.29 is 14.0 Å². The van der Waals surface area contributed by atoms with Gasteiger partial charge in [-0.15, -0.1) is 0 Å². The van der Waals surface area contributed by atoms with Crippen molar-refractivity contribution in [3.8, 4) is 11.8 Å². The first-order chi connectivity index (χ1) is 14.3. The zero-order valence-electron chi connectivity index (χ0n) is 16.9. The molecule has 2 aromatic carbocycles. The van der Waals surface area contributed by atoms with Crippen molar-refractivity contribution in [1.29, 1.82) is 5.26 Å². The topological polar surface area (TPSA) is 74.9 Å². The van der Waals surface area contributed by atoms with Crippen LogP contribution in [0.1, 0.15) is 34.2 Å². The first-order valence-corrected chi connectivity index (χ1v) is 9.30. The van der Waals surface area contributed by atoms with Crippen LogP contribution in [-0.2, 0) is 4.79 Å². The number of nitrogens with one attached hydrogen (secondary N) is 1. The van der Waals surface area contributed by atoms with Gasteiger partial charge in [0.2, 0.25) is 11.7 Å². The van der Waals surface area contributed by atoms with Crippen LogP contribution >= 0.6 is 0 Å². The van der Waals surface area contributed by atoms with Gasteiger partial charge in [-0.1, -0.05) is 24.3 Å². The van der Waals surface area contributed by atoms with Gasteiger partial charge in [0.25, 0.3) is 0 Å². The molecule has 1 amide bonds. The maximum Gasteiger partial charge on any atom is 0.221 e. The Morgan fingerprint density at radius 2 is 1.77 bits per heavy atom. The van der Waals surface area contributed by atoms with Crippen LogP contribution in [0.4, 0.5) is 10.1 Å². The molecule has 0 bridgehead atoms. The zero-order valence-corrected chi connectivity index (χ0v) is 16.9. The largest absolute Gasteiger partial charge is 0.326 e. The Morgan fingerprint density at radius 3 is 2.37 bits per heavy atom. The number of para-hydroxylation sites is 1. The highest BCUT2D eigenvalue weighted by molar-refractivity contribution is 6.14. The van der Waals surface area contributed by atoms with Gasteiger partial charge in [0.05, 0.1) is 5.69 Å². The van der Waals surface area contributed by atoms with E-state index in [0.717, 1.165) is 0 Å². The van der Waals surface area contributed by atoms with E-state index in [0.29, 0.717) is 33.9 Å². The number of hydrogen-bond donors (Lipinski definition) is 1. The van der Waals surface area contributed by atoms with Crippen LogP contribution in [0.2, 0.25) is 0 Å². The second kappa shape index (κ2) is 8.58. The van der Waals surface area contributed by atoms with Gasteiger partial charge in [-0.05, 0) is 55.8 Å². The van der Waals surface area contributed by atoms with Crippen molar-refractivity contribution in [2.45, 2.75) is 20.8 Å². The molecule has 5 nitrogen and oxygen atoms in total. The first kappa shape index (κ1) is 20.7. The summed E-state index contributed by atoms with van der Waals surface area (Å²) in [6, 6.07) is 16.8. The SMILES string of the molecule is CC(=O)Nc1ccc(/C=C(\C#N)C(=O)c2cc(C)n(-c3ccccc3F)c2C)cc1. The summed E-state index contributed by atoms with van der Waals surface area (Å²) in [7, 11) is 0. The summed E-state index contributed by atoms with van der Waals surface area (Å²) < 4.78 is 15.9. The Bertz CT molecular complexity index is 1200. The number of carbonyl (C=O) groups excluding carboxylic acids is 2. The summed E-state index contributed by atoms with van der Waals surface area (Å²) in [5.41, 5.74) is 3.19. The van der Waals surface area contributed by atoms with E-state index >= 15 is 0 Å². The molecule has 0 aliphatic rings. The molecular formula is C24H20FN3O2. The van der Waals surface area contributed by atoms with Gasteiger partial charge < -0.3 is 9.88 Å². The highest BCUT2D eigenvalue weighted by Crippen LogP contribution is 2.25. The van der Waals surface area contributed by atoms with Crippen LogP contribution in [0.15, 0.2) is 60.2 Å². The number of nitriles is 1. The van der Waals surface area contributed by atoms with Crippen LogP contribution in [-0.4, -0.2) is 16.3 Å². The first-order valence-electron chi connectivity index (χ1n) is 9.30. The average molecular weight is 401 g/mol. The standard InChI is InChI=1S/C24H20FN3O2/c1-15-12-21(16(2)28(15)23-7-5-4-6-22(23)25)24(30)19(14-26)13-18-8-10-20(11-9-18)27-17(3)29/h4-13H,1-3H3,(H,27,29)/b19-13+. The van der Waals surface area contributed by atoms with E-state index in [9.17, 15) is 19.2 Å². The van der Waals surface area contributed by atoms with E-state index in [1.165, 1.54) is 19.1 Å². The van der Waals surface area contributed by atoms with E-state index in [-0.39, 0.29) is 11.5 Å². The minimum atomic E-state index is -0.431. The van der Waals surface area contributed by atoms with E-state index in [1.807, 2.05) is 6.07 Å². The number of halogens is 1. The molecule has 0 radical (unpaired) electrons. The molecular weight excluding hydrogens is 381 g/mol. The van der Waals surface area contributed by atoms with Crippen LogP contribution in [0.3, 0.4) is 0 Å². The van der Waals surface area contributed by atoms with E-state index in [1.54, 1.807) is 66.9 Å². The molecule has 1 heterocycles. The fourth-order valence-electron chi connectivity index (χ4n) is 3.32. The number of ketones is 1. The number of aromatic nitrogens is 1. The lowest BCUT2D eigenvalue weighted by Crippen LogP contribution is -2.06. The number of amides is 1. The van der Waals surface area contributed by atoms with Gasteiger partial charge in [-0.3, -0.25) is 9.59 Å². The highest BCUT2D eigenvalue weighted by atomic mass is 19.1. The molecule has 0 fully saturated rings. The van der Waals surface area contributed by atoms with Crippen molar-refractivity contribution >= 4 is 23.5 Å². The lowest BCUT2D eigenvalue weighted by Gasteiger charge is -2.10.